The van der Waals surface area contributed by atoms with Crippen LogP contribution < -0.4 is 0 Å². The highest BCUT2D eigenvalue weighted by Gasteiger charge is 2.47. The van der Waals surface area contributed by atoms with Crippen molar-refractivity contribution in [2.45, 2.75) is 45.4 Å². The lowest BCUT2D eigenvalue weighted by atomic mass is 9.83. The monoisotopic (exact) mass is 234 g/mol. The van der Waals surface area contributed by atoms with Crippen LogP contribution in [0.25, 0.3) is 0 Å². The summed E-state index contributed by atoms with van der Waals surface area (Å²) in [5.41, 5.74) is 3.86. The van der Waals surface area contributed by atoms with Gasteiger partial charge in [0.15, 0.2) is 0 Å². The lowest BCUT2D eigenvalue weighted by molar-refractivity contribution is -0.137. The number of benzene rings is 1. The summed E-state index contributed by atoms with van der Waals surface area (Å²) in [7, 11) is 0. The Bertz CT molecular complexity index is 485. The van der Waals surface area contributed by atoms with E-state index in [9.17, 15) is 9.90 Å². The second-order valence-electron chi connectivity index (χ2n) is 5.19. The van der Waals surface area contributed by atoms with E-state index in [1.165, 1.54) is 0 Å². The van der Waals surface area contributed by atoms with E-state index in [4.69, 9.17) is 5.11 Å². The van der Waals surface area contributed by atoms with Crippen LogP contribution in [-0.2, 0) is 10.2 Å². The zero-order valence-corrected chi connectivity index (χ0v) is 10.5. The summed E-state index contributed by atoms with van der Waals surface area (Å²) in [5.74, 6) is -0.443. The van der Waals surface area contributed by atoms with Crippen molar-refractivity contribution >= 4 is 5.97 Å². The molecule has 0 spiro atoms. The average Bonchev–Trinajstić information content (AvgIpc) is 2.94. The number of phenolic OH excluding ortho intramolecular Hbond substituents is 1. The van der Waals surface area contributed by atoms with Gasteiger partial charge < -0.3 is 10.2 Å². The minimum absolute atomic E-state index is 0.182. The fraction of sp³-hybridized carbons (Fsp3) is 0.500. The number of phenols is 1. The van der Waals surface area contributed by atoms with Crippen molar-refractivity contribution in [2.75, 3.05) is 0 Å². The molecule has 2 N–H and O–H groups in total. The Hall–Kier alpha value is -1.51. The van der Waals surface area contributed by atoms with E-state index in [1.807, 2.05) is 20.8 Å². The van der Waals surface area contributed by atoms with Crippen LogP contribution in [0, 0.1) is 20.8 Å². The molecular formula is C14H18O3. The van der Waals surface area contributed by atoms with Crippen molar-refractivity contribution in [1.29, 1.82) is 0 Å². The van der Waals surface area contributed by atoms with E-state index in [-0.39, 0.29) is 11.8 Å². The summed E-state index contributed by atoms with van der Waals surface area (Å²) in [6.45, 7) is 5.80. The minimum Gasteiger partial charge on any atom is -0.508 e. The molecule has 92 valence electrons. The third kappa shape index (κ3) is 1.90. The summed E-state index contributed by atoms with van der Waals surface area (Å²) in [4.78, 5) is 11.0. The van der Waals surface area contributed by atoms with Crippen LogP contribution in [0.4, 0.5) is 0 Å². The first-order chi connectivity index (χ1) is 7.87. The van der Waals surface area contributed by atoms with E-state index in [1.54, 1.807) is 6.07 Å². The Balaban J connectivity index is 2.53. The third-order valence-electron chi connectivity index (χ3n) is 3.94. The topological polar surface area (TPSA) is 57.5 Å². The summed E-state index contributed by atoms with van der Waals surface area (Å²) < 4.78 is 0. The maximum Gasteiger partial charge on any atom is 0.304 e. The first-order valence-electron chi connectivity index (χ1n) is 5.89. The molecule has 0 radical (unpaired) electrons. The van der Waals surface area contributed by atoms with Gasteiger partial charge in [0.1, 0.15) is 5.75 Å². The van der Waals surface area contributed by atoms with Gasteiger partial charge in [-0.15, -0.1) is 0 Å². The highest BCUT2D eigenvalue weighted by atomic mass is 16.4. The molecule has 0 bridgehead atoms. The molecule has 1 aromatic rings. The Morgan fingerprint density at radius 1 is 1.29 bits per heavy atom. The van der Waals surface area contributed by atoms with Crippen LogP contribution in [0.5, 0.6) is 5.75 Å². The van der Waals surface area contributed by atoms with E-state index >= 15 is 0 Å². The van der Waals surface area contributed by atoms with Gasteiger partial charge in [0.25, 0.3) is 0 Å². The minimum atomic E-state index is -0.743. The number of hydrogen-bond donors (Lipinski definition) is 2. The Morgan fingerprint density at radius 3 is 2.35 bits per heavy atom. The second-order valence-corrected chi connectivity index (χ2v) is 5.19. The van der Waals surface area contributed by atoms with Crippen LogP contribution in [-0.4, -0.2) is 16.2 Å². The Morgan fingerprint density at radius 2 is 1.88 bits per heavy atom. The van der Waals surface area contributed by atoms with Gasteiger partial charge in [-0.25, -0.2) is 0 Å². The first-order valence-corrected chi connectivity index (χ1v) is 5.89. The van der Waals surface area contributed by atoms with E-state index in [0.29, 0.717) is 5.75 Å². The van der Waals surface area contributed by atoms with Crippen LogP contribution in [0.3, 0.4) is 0 Å². The lowest BCUT2D eigenvalue weighted by Crippen LogP contribution is -2.16. The molecule has 1 aliphatic rings. The van der Waals surface area contributed by atoms with Gasteiger partial charge in [-0.2, -0.15) is 0 Å². The van der Waals surface area contributed by atoms with Crippen molar-refractivity contribution in [3.8, 4) is 5.75 Å². The number of hydrogen-bond acceptors (Lipinski definition) is 2. The van der Waals surface area contributed by atoms with Crippen LogP contribution in [0.15, 0.2) is 6.07 Å². The lowest BCUT2D eigenvalue weighted by Gasteiger charge is -2.21. The maximum atomic E-state index is 11.0. The number of aliphatic carboxylic acids is 1. The number of carboxylic acid groups (broad SMARTS) is 1. The molecular weight excluding hydrogens is 216 g/mol. The molecule has 0 aromatic heterocycles. The van der Waals surface area contributed by atoms with Gasteiger partial charge in [0, 0.05) is 5.41 Å². The fourth-order valence-electron chi connectivity index (χ4n) is 2.83. The van der Waals surface area contributed by atoms with Crippen LogP contribution in [0.1, 0.15) is 41.5 Å². The molecule has 0 atom stereocenters. The normalized spacial score (nSPS) is 16.9. The van der Waals surface area contributed by atoms with Gasteiger partial charge in [-0.05, 0) is 61.9 Å². The van der Waals surface area contributed by atoms with Crippen molar-refractivity contribution in [1.82, 2.24) is 0 Å². The van der Waals surface area contributed by atoms with Crippen LogP contribution >= 0.6 is 0 Å². The highest BCUT2D eigenvalue weighted by Crippen LogP contribution is 2.54. The molecule has 3 nitrogen and oxygen atoms in total. The van der Waals surface area contributed by atoms with Crippen molar-refractivity contribution in [3.05, 3.63) is 28.3 Å². The maximum absolute atomic E-state index is 11.0. The molecule has 0 amide bonds. The molecule has 1 fully saturated rings. The fourth-order valence-corrected chi connectivity index (χ4v) is 2.83. The van der Waals surface area contributed by atoms with Crippen molar-refractivity contribution in [3.63, 3.8) is 0 Å². The smallest absolute Gasteiger partial charge is 0.304 e. The third-order valence-corrected chi connectivity index (χ3v) is 3.94. The van der Waals surface area contributed by atoms with Gasteiger partial charge in [0.2, 0.25) is 0 Å². The van der Waals surface area contributed by atoms with Crippen molar-refractivity contribution in [2.24, 2.45) is 0 Å². The van der Waals surface area contributed by atoms with Crippen molar-refractivity contribution < 1.29 is 15.0 Å². The highest BCUT2D eigenvalue weighted by molar-refractivity contribution is 5.71. The predicted octanol–water partition coefficient (Wildman–Crippen LogP) is 2.82. The molecule has 17 heavy (non-hydrogen) atoms. The average molecular weight is 234 g/mol. The molecule has 1 saturated carbocycles. The van der Waals surface area contributed by atoms with Gasteiger partial charge >= 0.3 is 5.97 Å². The zero-order chi connectivity index (χ0) is 12.8. The number of aromatic hydroxyl groups is 1. The Labute approximate surface area is 101 Å². The second kappa shape index (κ2) is 3.76. The standard InChI is InChI=1S/C14H18O3/c1-8-6-11(15)9(2)10(3)13(8)14(4-5-14)7-12(16)17/h6,15H,4-5,7H2,1-3H3,(H,16,17). The summed E-state index contributed by atoms with van der Waals surface area (Å²) >= 11 is 0. The quantitative estimate of drug-likeness (QED) is 0.845. The zero-order valence-electron chi connectivity index (χ0n) is 10.5. The molecule has 0 heterocycles. The van der Waals surface area contributed by atoms with E-state index < -0.39 is 5.97 Å². The molecule has 1 aromatic carbocycles. The number of aryl methyl sites for hydroxylation is 1. The van der Waals surface area contributed by atoms with Gasteiger partial charge in [0.05, 0.1) is 6.42 Å². The number of carboxylic acids is 1. The molecule has 0 unspecified atom stereocenters. The largest absolute Gasteiger partial charge is 0.508 e. The van der Waals surface area contributed by atoms with Gasteiger partial charge in [-0.3, -0.25) is 4.79 Å². The number of rotatable bonds is 3. The van der Waals surface area contributed by atoms with E-state index in [2.05, 4.69) is 0 Å². The van der Waals surface area contributed by atoms with Gasteiger partial charge in [-0.1, -0.05) is 0 Å². The molecule has 1 aliphatic carbocycles. The summed E-state index contributed by atoms with van der Waals surface area (Å²) in [5, 5.41) is 18.8. The Kier molecular flexibility index (Phi) is 2.64. The molecule has 0 saturated heterocycles. The molecule has 2 rings (SSSR count). The molecule has 0 aliphatic heterocycles. The summed E-state index contributed by atoms with van der Waals surface area (Å²) in [6.07, 6.45) is 2.06. The summed E-state index contributed by atoms with van der Waals surface area (Å²) in [6, 6.07) is 1.75. The SMILES string of the molecule is Cc1cc(O)c(C)c(C)c1C1(CC(=O)O)CC1. The molecule has 3 heteroatoms. The predicted molar refractivity (Wildman–Crippen MR) is 65.5 cm³/mol. The number of carbonyl (C=O) groups is 1. The van der Waals surface area contributed by atoms with E-state index in [0.717, 1.165) is 35.1 Å². The van der Waals surface area contributed by atoms with Crippen LogP contribution in [0.2, 0.25) is 0 Å². The first kappa shape index (κ1) is 12.0.